The second-order valence-electron chi connectivity index (χ2n) is 11.1. The Balaban J connectivity index is 1.43. The predicted molar refractivity (Wildman–Crippen MR) is 140 cm³/mol. The molecule has 10 heteroatoms. The Bertz CT molecular complexity index is 1370. The van der Waals surface area contributed by atoms with Crippen LogP contribution in [0.5, 0.6) is 0 Å². The van der Waals surface area contributed by atoms with Gasteiger partial charge in [-0.15, -0.1) is 0 Å². The normalized spacial score (nSPS) is 16.1. The van der Waals surface area contributed by atoms with Gasteiger partial charge in [0, 0.05) is 42.4 Å². The Morgan fingerprint density at radius 2 is 1.95 bits per heavy atom. The summed E-state index contributed by atoms with van der Waals surface area (Å²) in [5, 5.41) is 11.6. The number of carbonyl (C=O) groups is 2. The maximum atomic E-state index is 15.4. The molecule has 2 amide bonds. The highest BCUT2D eigenvalue weighted by molar-refractivity contribution is 6.01. The number of fused-ring (bicyclic) bond motifs is 2. The number of hydrogen-bond donors (Lipinski definition) is 2. The monoisotopic (exact) mass is 508 g/mol. The lowest BCUT2D eigenvalue weighted by Crippen LogP contribution is -2.38. The minimum absolute atomic E-state index is 0.0480. The molecule has 3 heterocycles. The molecule has 0 atom stereocenters. The van der Waals surface area contributed by atoms with Crippen LogP contribution < -0.4 is 10.6 Å². The molecule has 2 aromatic heterocycles. The molecule has 9 nitrogen and oxygen atoms in total. The van der Waals surface area contributed by atoms with Crippen molar-refractivity contribution in [1.29, 1.82) is 0 Å². The summed E-state index contributed by atoms with van der Waals surface area (Å²) in [5.74, 6) is 0.866. The Morgan fingerprint density at radius 1 is 1.19 bits per heavy atom. The van der Waals surface area contributed by atoms with Crippen LogP contribution in [0.15, 0.2) is 24.4 Å². The fourth-order valence-corrected chi connectivity index (χ4v) is 4.69. The molecule has 5 rings (SSSR count). The Hall–Kier alpha value is -3.69. The number of carbonyl (C=O) groups excluding carboxylic acids is 2. The van der Waals surface area contributed by atoms with Crippen molar-refractivity contribution in [1.82, 2.24) is 19.7 Å². The molecule has 2 N–H and O–H groups in total. The summed E-state index contributed by atoms with van der Waals surface area (Å²) in [6, 6.07) is 5.73. The summed E-state index contributed by atoms with van der Waals surface area (Å²) < 4.78 is 22.5. The van der Waals surface area contributed by atoms with Gasteiger partial charge in [-0.25, -0.2) is 14.2 Å². The summed E-state index contributed by atoms with van der Waals surface area (Å²) in [7, 11) is 0. The van der Waals surface area contributed by atoms with Crippen LogP contribution in [0.1, 0.15) is 64.6 Å². The third-order valence-corrected chi connectivity index (χ3v) is 6.59. The van der Waals surface area contributed by atoms with Crippen LogP contribution in [-0.2, 0) is 22.5 Å². The van der Waals surface area contributed by atoms with Gasteiger partial charge >= 0.3 is 6.09 Å². The molecule has 2 aliphatic rings. The SMILES string of the molecule is CC(C)N1CCc2cc(Nc3cc4cc(C5CC5)c(F)c(NC(=O)OC(C)(C)C)c4cn3)nn2CC1=O. The van der Waals surface area contributed by atoms with E-state index in [1.807, 2.05) is 36.9 Å². The van der Waals surface area contributed by atoms with Gasteiger partial charge in [0.25, 0.3) is 0 Å². The number of rotatable bonds is 5. The predicted octanol–water partition coefficient (Wildman–Crippen LogP) is 5.33. The van der Waals surface area contributed by atoms with Gasteiger partial charge in [-0.05, 0) is 76.5 Å². The Labute approximate surface area is 215 Å². The van der Waals surface area contributed by atoms with E-state index in [-0.39, 0.29) is 30.1 Å². The van der Waals surface area contributed by atoms with E-state index in [2.05, 4.69) is 20.7 Å². The minimum Gasteiger partial charge on any atom is -0.444 e. The zero-order valence-corrected chi connectivity index (χ0v) is 21.9. The van der Waals surface area contributed by atoms with Crippen molar-refractivity contribution in [3.8, 4) is 0 Å². The van der Waals surface area contributed by atoms with Gasteiger partial charge in [0.1, 0.15) is 18.0 Å². The van der Waals surface area contributed by atoms with E-state index in [0.717, 1.165) is 23.9 Å². The number of halogens is 1. The lowest BCUT2D eigenvalue weighted by molar-refractivity contribution is -0.133. The van der Waals surface area contributed by atoms with E-state index in [0.29, 0.717) is 35.6 Å². The second kappa shape index (κ2) is 9.32. The Morgan fingerprint density at radius 3 is 2.62 bits per heavy atom. The van der Waals surface area contributed by atoms with Gasteiger partial charge in [-0.2, -0.15) is 5.10 Å². The smallest absolute Gasteiger partial charge is 0.412 e. The van der Waals surface area contributed by atoms with E-state index in [4.69, 9.17) is 4.74 Å². The quantitative estimate of drug-likeness (QED) is 0.483. The topological polar surface area (TPSA) is 101 Å². The highest BCUT2D eigenvalue weighted by Gasteiger charge is 2.30. The molecule has 196 valence electrons. The van der Waals surface area contributed by atoms with E-state index in [9.17, 15) is 9.59 Å². The fourth-order valence-electron chi connectivity index (χ4n) is 4.69. The second-order valence-corrected chi connectivity index (χ2v) is 11.1. The number of ether oxygens (including phenoxy) is 1. The van der Waals surface area contributed by atoms with Crippen molar-refractivity contribution in [2.75, 3.05) is 17.2 Å². The molecule has 0 radical (unpaired) electrons. The van der Waals surface area contributed by atoms with E-state index < -0.39 is 17.5 Å². The first-order chi connectivity index (χ1) is 17.5. The van der Waals surface area contributed by atoms with E-state index in [1.165, 1.54) is 6.20 Å². The number of pyridine rings is 1. The first-order valence-corrected chi connectivity index (χ1v) is 12.7. The van der Waals surface area contributed by atoms with Gasteiger partial charge in [0.2, 0.25) is 5.91 Å². The van der Waals surface area contributed by atoms with E-state index in [1.54, 1.807) is 25.5 Å². The van der Waals surface area contributed by atoms with Crippen molar-refractivity contribution < 1.29 is 18.7 Å². The van der Waals surface area contributed by atoms with Crippen molar-refractivity contribution in [2.45, 2.75) is 78.0 Å². The minimum atomic E-state index is -0.715. The third kappa shape index (κ3) is 5.38. The molecule has 1 fully saturated rings. The molecule has 37 heavy (non-hydrogen) atoms. The van der Waals surface area contributed by atoms with Crippen molar-refractivity contribution in [3.05, 3.63) is 41.5 Å². The number of amides is 2. The highest BCUT2D eigenvalue weighted by atomic mass is 19.1. The molecule has 0 bridgehead atoms. The molecule has 0 spiro atoms. The van der Waals surface area contributed by atoms with Crippen LogP contribution in [0.25, 0.3) is 10.8 Å². The molecular formula is C27H33FN6O3. The molecule has 0 saturated heterocycles. The van der Waals surface area contributed by atoms with Gasteiger partial charge in [0.15, 0.2) is 11.6 Å². The first kappa shape index (κ1) is 25.0. The van der Waals surface area contributed by atoms with Crippen LogP contribution in [0.4, 0.5) is 26.5 Å². The van der Waals surface area contributed by atoms with Gasteiger partial charge < -0.3 is 15.0 Å². The maximum absolute atomic E-state index is 15.4. The number of aromatic nitrogens is 3. The third-order valence-electron chi connectivity index (χ3n) is 6.59. The lowest BCUT2D eigenvalue weighted by Gasteiger charge is -2.24. The van der Waals surface area contributed by atoms with Crippen LogP contribution in [-0.4, -0.2) is 49.9 Å². The van der Waals surface area contributed by atoms with Crippen LogP contribution in [0.2, 0.25) is 0 Å². The van der Waals surface area contributed by atoms with Crippen LogP contribution >= 0.6 is 0 Å². The number of nitrogens with one attached hydrogen (secondary N) is 2. The van der Waals surface area contributed by atoms with Crippen LogP contribution in [0, 0.1) is 5.82 Å². The van der Waals surface area contributed by atoms with Gasteiger partial charge in [-0.3, -0.25) is 14.8 Å². The summed E-state index contributed by atoms with van der Waals surface area (Å²) in [4.78, 5) is 31.4. The first-order valence-electron chi connectivity index (χ1n) is 12.7. The molecule has 1 aliphatic carbocycles. The summed E-state index contributed by atoms with van der Waals surface area (Å²) in [6.07, 6.45) is 3.37. The number of anilines is 3. The van der Waals surface area contributed by atoms with Crippen LogP contribution in [0.3, 0.4) is 0 Å². The van der Waals surface area contributed by atoms with Crippen molar-refractivity contribution in [2.24, 2.45) is 0 Å². The maximum Gasteiger partial charge on any atom is 0.412 e. The molecule has 1 aromatic carbocycles. The zero-order chi connectivity index (χ0) is 26.5. The zero-order valence-electron chi connectivity index (χ0n) is 21.9. The van der Waals surface area contributed by atoms with Gasteiger partial charge in [-0.1, -0.05) is 0 Å². The number of benzene rings is 1. The largest absolute Gasteiger partial charge is 0.444 e. The van der Waals surface area contributed by atoms with Crippen molar-refractivity contribution in [3.63, 3.8) is 0 Å². The highest BCUT2D eigenvalue weighted by Crippen LogP contribution is 2.45. The molecule has 3 aromatic rings. The molecular weight excluding hydrogens is 475 g/mol. The standard InChI is InChI=1S/C27H33FN6O3/c1-15(2)33-9-8-18-12-22(32-34(18)14-23(33)35)30-21-11-17-10-19(16-6-7-16)24(28)25(20(17)13-29-21)31-26(36)37-27(3,4)5/h10-13,15-16H,6-9,14H2,1-5H3,(H,31,36)(H,29,30,32). The molecule has 1 aliphatic heterocycles. The summed E-state index contributed by atoms with van der Waals surface area (Å²) in [6.45, 7) is 10.1. The summed E-state index contributed by atoms with van der Waals surface area (Å²) in [5.41, 5.74) is 0.925. The van der Waals surface area contributed by atoms with Gasteiger partial charge in [0.05, 0.1) is 5.69 Å². The summed E-state index contributed by atoms with van der Waals surface area (Å²) >= 11 is 0. The van der Waals surface area contributed by atoms with E-state index >= 15 is 4.39 Å². The average Bonchev–Trinajstić information content (AvgIpc) is 3.59. The molecule has 0 unspecified atom stereocenters. The van der Waals surface area contributed by atoms with Crippen molar-refractivity contribution >= 4 is 40.1 Å². The number of nitrogens with zero attached hydrogens (tertiary/aromatic N) is 4. The number of hydrogen-bond acceptors (Lipinski definition) is 6. The average molecular weight is 509 g/mol. The fraction of sp³-hybridized carbons (Fsp3) is 0.481. The lowest BCUT2D eigenvalue weighted by atomic mass is 10.0. The Kier molecular flexibility index (Phi) is 6.29. The molecule has 1 saturated carbocycles.